The lowest BCUT2D eigenvalue weighted by atomic mass is 9.98. The molecule has 22 heavy (non-hydrogen) atoms. The summed E-state index contributed by atoms with van der Waals surface area (Å²) in [5.41, 5.74) is 1.68. The summed E-state index contributed by atoms with van der Waals surface area (Å²) in [4.78, 5) is 12.5. The fourth-order valence-electron chi connectivity index (χ4n) is 2.30. The van der Waals surface area contributed by atoms with E-state index in [-0.39, 0.29) is 23.9 Å². The van der Waals surface area contributed by atoms with E-state index in [4.69, 9.17) is 21.1 Å². The molecule has 1 N–H and O–H groups in total. The van der Waals surface area contributed by atoms with Gasteiger partial charge in [-0.3, -0.25) is 4.79 Å². The van der Waals surface area contributed by atoms with Crippen LogP contribution >= 0.6 is 11.6 Å². The van der Waals surface area contributed by atoms with Gasteiger partial charge in [0.05, 0.1) is 7.11 Å². The van der Waals surface area contributed by atoms with Gasteiger partial charge in [0.2, 0.25) is 5.78 Å². The Morgan fingerprint density at radius 2 is 1.95 bits per heavy atom. The molecule has 3 rings (SSSR count). The van der Waals surface area contributed by atoms with Crippen LogP contribution in [0.1, 0.15) is 21.5 Å². The van der Waals surface area contributed by atoms with Gasteiger partial charge in [-0.05, 0) is 35.9 Å². The number of hydrogen-bond acceptors (Lipinski definition) is 4. The van der Waals surface area contributed by atoms with E-state index in [2.05, 4.69) is 0 Å². The van der Waals surface area contributed by atoms with Crippen molar-refractivity contribution in [1.29, 1.82) is 0 Å². The average Bonchev–Trinajstić information content (AvgIpc) is 2.53. The summed E-state index contributed by atoms with van der Waals surface area (Å²) >= 11 is 5.84. The summed E-state index contributed by atoms with van der Waals surface area (Å²) < 4.78 is 10.5. The Kier molecular flexibility index (Phi) is 3.77. The number of phenols is 1. The maximum Gasteiger partial charge on any atom is 0.228 e. The molecule has 0 saturated heterocycles. The van der Waals surface area contributed by atoms with Crippen LogP contribution in [0.4, 0.5) is 0 Å². The number of aromatic hydroxyl groups is 1. The first-order valence-electron chi connectivity index (χ1n) is 6.63. The van der Waals surface area contributed by atoms with Crippen LogP contribution in [0.2, 0.25) is 5.02 Å². The topological polar surface area (TPSA) is 55.8 Å². The molecule has 1 aliphatic rings. The number of allylic oxidation sites excluding steroid dienone is 1. The number of ketones is 1. The van der Waals surface area contributed by atoms with Crippen molar-refractivity contribution >= 4 is 23.5 Å². The van der Waals surface area contributed by atoms with Gasteiger partial charge in [-0.2, -0.15) is 0 Å². The summed E-state index contributed by atoms with van der Waals surface area (Å²) in [5.74, 6) is 0.229. The second-order valence-corrected chi connectivity index (χ2v) is 5.26. The van der Waals surface area contributed by atoms with Gasteiger partial charge in [-0.1, -0.05) is 23.7 Å². The molecule has 5 heteroatoms. The number of carbonyl (C=O) groups is 1. The van der Waals surface area contributed by atoms with Crippen LogP contribution in [0.3, 0.4) is 0 Å². The van der Waals surface area contributed by atoms with E-state index < -0.39 is 0 Å². The minimum Gasteiger partial charge on any atom is -0.504 e. The Balaban J connectivity index is 1.98. The number of rotatable bonds is 2. The van der Waals surface area contributed by atoms with Crippen molar-refractivity contribution in [3.63, 3.8) is 0 Å². The zero-order valence-electron chi connectivity index (χ0n) is 11.8. The van der Waals surface area contributed by atoms with Crippen molar-refractivity contribution in [3.8, 4) is 11.5 Å². The molecule has 0 radical (unpaired) electrons. The third-order valence-electron chi connectivity index (χ3n) is 3.47. The van der Waals surface area contributed by atoms with Crippen LogP contribution in [0.5, 0.6) is 11.5 Å². The lowest BCUT2D eigenvalue weighted by Gasteiger charge is -2.20. The first-order chi connectivity index (χ1) is 10.6. The summed E-state index contributed by atoms with van der Waals surface area (Å²) in [5, 5.41) is 10.7. The van der Waals surface area contributed by atoms with Gasteiger partial charge in [-0.25, -0.2) is 0 Å². The Hall–Kier alpha value is -2.46. The van der Waals surface area contributed by atoms with Gasteiger partial charge in [0, 0.05) is 16.1 Å². The maximum atomic E-state index is 12.5. The van der Waals surface area contributed by atoms with Gasteiger partial charge >= 0.3 is 0 Å². The van der Waals surface area contributed by atoms with Crippen molar-refractivity contribution in [2.45, 2.75) is 6.61 Å². The standard InChI is InChI=1S/C17H13ClO4/c1-21-14-7-6-12-13(17(14)20)9-22-15(16(12)19)8-10-2-4-11(18)5-3-10/h2-8,20H,9H2,1H3/b15-8-. The molecule has 112 valence electrons. The van der Waals surface area contributed by atoms with Gasteiger partial charge in [0.25, 0.3) is 0 Å². The largest absolute Gasteiger partial charge is 0.504 e. The molecule has 1 heterocycles. The molecular weight excluding hydrogens is 304 g/mol. The number of phenolic OH excluding ortho intramolecular Hbond substituents is 1. The van der Waals surface area contributed by atoms with E-state index >= 15 is 0 Å². The first kappa shape index (κ1) is 14.5. The number of methoxy groups -OCH3 is 1. The zero-order chi connectivity index (χ0) is 15.7. The van der Waals surface area contributed by atoms with Crippen molar-refractivity contribution in [2.75, 3.05) is 7.11 Å². The molecule has 2 aromatic rings. The lowest BCUT2D eigenvalue weighted by molar-refractivity contribution is 0.0866. The molecule has 0 aromatic heterocycles. The van der Waals surface area contributed by atoms with Gasteiger partial charge < -0.3 is 14.6 Å². The predicted molar refractivity (Wildman–Crippen MR) is 83.2 cm³/mol. The van der Waals surface area contributed by atoms with Crippen molar-refractivity contribution < 1.29 is 19.4 Å². The van der Waals surface area contributed by atoms with E-state index in [1.807, 2.05) is 0 Å². The molecule has 0 amide bonds. The number of hydrogen-bond donors (Lipinski definition) is 1. The second-order valence-electron chi connectivity index (χ2n) is 4.82. The zero-order valence-corrected chi connectivity index (χ0v) is 12.6. The van der Waals surface area contributed by atoms with Crippen LogP contribution in [0.15, 0.2) is 42.2 Å². The molecule has 2 aromatic carbocycles. The molecule has 0 aliphatic carbocycles. The molecule has 1 aliphatic heterocycles. The summed E-state index contributed by atoms with van der Waals surface area (Å²) in [6, 6.07) is 10.3. The third-order valence-corrected chi connectivity index (χ3v) is 3.73. The number of ether oxygens (including phenoxy) is 2. The van der Waals surface area contributed by atoms with Crippen LogP contribution < -0.4 is 4.74 Å². The predicted octanol–water partition coefficient (Wildman–Crippen LogP) is 3.81. The highest BCUT2D eigenvalue weighted by Gasteiger charge is 2.27. The monoisotopic (exact) mass is 316 g/mol. The summed E-state index contributed by atoms with van der Waals surface area (Å²) in [6.07, 6.45) is 1.66. The fraction of sp³-hybridized carbons (Fsp3) is 0.118. The number of benzene rings is 2. The molecular formula is C17H13ClO4. The van der Waals surface area contributed by atoms with Crippen LogP contribution in [-0.2, 0) is 11.3 Å². The lowest BCUT2D eigenvalue weighted by Crippen LogP contribution is -2.16. The minimum absolute atomic E-state index is 0.0566. The Morgan fingerprint density at radius 1 is 1.23 bits per heavy atom. The Labute approximate surface area is 132 Å². The quantitative estimate of drug-likeness (QED) is 0.856. The minimum atomic E-state index is -0.269. The molecule has 4 nitrogen and oxygen atoms in total. The molecule has 0 saturated carbocycles. The highest BCUT2D eigenvalue weighted by Crippen LogP contribution is 2.37. The van der Waals surface area contributed by atoms with Crippen molar-refractivity contribution in [3.05, 3.63) is 63.9 Å². The fourth-order valence-corrected chi connectivity index (χ4v) is 2.43. The van der Waals surface area contributed by atoms with Gasteiger partial charge in [0.1, 0.15) is 6.61 Å². The molecule has 0 fully saturated rings. The van der Waals surface area contributed by atoms with Gasteiger partial charge in [0.15, 0.2) is 17.3 Å². The number of Topliss-reactive ketones (excluding diaryl/α,β-unsaturated/α-hetero) is 1. The summed E-state index contributed by atoms with van der Waals surface area (Å²) in [6.45, 7) is 0.115. The molecule has 0 unspecified atom stereocenters. The van der Waals surface area contributed by atoms with E-state index in [1.54, 1.807) is 42.5 Å². The van der Waals surface area contributed by atoms with Crippen LogP contribution in [0, 0.1) is 0 Å². The van der Waals surface area contributed by atoms with E-state index in [9.17, 15) is 9.90 Å². The number of carbonyl (C=O) groups excluding carboxylic acids is 1. The van der Waals surface area contributed by atoms with E-state index in [1.165, 1.54) is 7.11 Å². The Morgan fingerprint density at radius 3 is 2.64 bits per heavy atom. The van der Waals surface area contributed by atoms with Crippen molar-refractivity contribution in [1.82, 2.24) is 0 Å². The average molecular weight is 317 g/mol. The second kappa shape index (κ2) is 5.73. The smallest absolute Gasteiger partial charge is 0.228 e. The Bertz CT molecular complexity index is 763. The van der Waals surface area contributed by atoms with Crippen LogP contribution in [0.25, 0.3) is 6.08 Å². The highest BCUT2D eigenvalue weighted by atomic mass is 35.5. The van der Waals surface area contributed by atoms with E-state index in [0.29, 0.717) is 21.9 Å². The summed E-state index contributed by atoms with van der Waals surface area (Å²) in [7, 11) is 1.46. The van der Waals surface area contributed by atoms with Gasteiger partial charge in [-0.15, -0.1) is 0 Å². The maximum absolute atomic E-state index is 12.5. The van der Waals surface area contributed by atoms with E-state index in [0.717, 1.165) is 5.56 Å². The molecule has 0 bridgehead atoms. The highest BCUT2D eigenvalue weighted by molar-refractivity contribution is 6.30. The SMILES string of the molecule is COc1ccc2c(c1O)CO/C(=C\c1ccc(Cl)cc1)C2=O. The first-order valence-corrected chi connectivity index (χ1v) is 7.01. The number of fused-ring (bicyclic) bond motifs is 1. The van der Waals surface area contributed by atoms with Crippen LogP contribution in [-0.4, -0.2) is 18.0 Å². The third kappa shape index (κ3) is 2.53. The normalized spacial score (nSPS) is 15.4. The molecule has 0 spiro atoms. The molecule has 0 atom stereocenters. The number of halogens is 1. The van der Waals surface area contributed by atoms with Crippen molar-refractivity contribution in [2.24, 2.45) is 0 Å².